The summed E-state index contributed by atoms with van der Waals surface area (Å²) in [6, 6.07) is 10.8. The van der Waals surface area contributed by atoms with Gasteiger partial charge in [0.15, 0.2) is 5.82 Å². The summed E-state index contributed by atoms with van der Waals surface area (Å²) in [5, 5.41) is 12.6. The summed E-state index contributed by atoms with van der Waals surface area (Å²) in [4.78, 5) is 31.7. The van der Waals surface area contributed by atoms with Crippen LogP contribution in [0.3, 0.4) is 0 Å². The zero-order valence-electron chi connectivity index (χ0n) is 21.1. The van der Waals surface area contributed by atoms with Crippen LogP contribution in [0.25, 0.3) is 16.7 Å². The van der Waals surface area contributed by atoms with Gasteiger partial charge in [-0.2, -0.15) is 18.3 Å². The maximum Gasteiger partial charge on any atom is 0.417 e. The fraction of sp³-hybridized carbons (Fsp3) is 0.259. The number of carbonyl (C=O) groups excluding carboxylic acids is 2. The number of pyridine rings is 1. The molecule has 5 rings (SSSR count). The Kier molecular flexibility index (Phi) is 7.90. The van der Waals surface area contributed by atoms with E-state index in [9.17, 15) is 22.8 Å². The average Bonchev–Trinajstić information content (AvgIpc) is 3.59. The Morgan fingerprint density at radius 1 is 0.950 bits per heavy atom. The molecule has 1 aliphatic heterocycles. The molecule has 0 atom stereocenters. The molecule has 3 N–H and O–H groups in total. The van der Waals surface area contributed by atoms with E-state index in [1.54, 1.807) is 35.1 Å². The lowest BCUT2D eigenvalue weighted by atomic mass is 10.1. The van der Waals surface area contributed by atoms with Gasteiger partial charge in [0.1, 0.15) is 0 Å². The van der Waals surface area contributed by atoms with Gasteiger partial charge in [-0.3, -0.25) is 4.79 Å². The smallest absolute Gasteiger partial charge is 0.351 e. The fourth-order valence-electron chi connectivity index (χ4n) is 4.48. The second-order valence-electron chi connectivity index (χ2n) is 9.31. The molecule has 1 fully saturated rings. The molecule has 208 valence electrons. The lowest BCUT2D eigenvalue weighted by Crippen LogP contribution is -2.33. The van der Waals surface area contributed by atoms with Crippen LogP contribution < -0.4 is 16.0 Å². The molecule has 0 bridgehead atoms. The molecule has 0 saturated carbocycles. The summed E-state index contributed by atoms with van der Waals surface area (Å²) in [5.74, 6) is 0.274. The van der Waals surface area contributed by atoms with E-state index in [-0.39, 0.29) is 11.6 Å². The van der Waals surface area contributed by atoms with Gasteiger partial charge in [0, 0.05) is 29.7 Å². The number of halogens is 4. The predicted octanol–water partition coefficient (Wildman–Crippen LogP) is 5.56. The Labute approximate surface area is 232 Å². The minimum atomic E-state index is -4.65. The number of hydrogen-bond acceptors (Lipinski definition) is 5. The third kappa shape index (κ3) is 6.35. The van der Waals surface area contributed by atoms with Crippen molar-refractivity contribution in [3.8, 4) is 5.82 Å². The first kappa shape index (κ1) is 27.4. The van der Waals surface area contributed by atoms with Gasteiger partial charge < -0.3 is 20.9 Å². The molecule has 0 aliphatic carbocycles. The molecule has 9 nitrogen and oxygen atoms in total. The van der Waals surface area contributed by atoms with Crippen molar-refractivity contribution in [2.75, 3.05) is 36.8 Å². The Bertz CT molecular complexity index is 1530. The third-order valence-corrected chi connectivity index (χ3v) is 6.83. The van der Waals surface area contributed by atoms with Gasteiger partial charge >= 0.3 is 12.2 Å². The van der Waals surface area contributed by atoms with Gasteiger partial charge in [-0.15, -0.1) is 0 Å². The van der Waals surface area contributed by atoms with Crippen LogP contribution in [0, 0.1) is 0 Å². The van der Waals surface area contributed by atoms with E-state index in [0.29, 0.717) is 29.1 Å². The van der Waals surface area contributed by atoms with Crippen molar-refractivity contribution in [3.05, 3.63) is 77.1 Å². The van der Waals surface area contributed by atoms with Gasteiger partial charge in [-0.25, -0.2) is 14.5 Å². The van der Waals surface area contributed by atoms with Crippen molar-refractivity contribution in [3.63, 3.8) is 0 Å². The summed E-state index contributed by atoms with van der Waals surface area (Å²) in [5.41, 5.74) is 0.369. The van der Waals surface area contributed by atoms with Crippen LogP contribution in [0.5, 0.6) is 0 Å². The molecule has 1 aliphatic rings. The Balaban J connectivity index is 1.24. The highest BCUT2D eigenvalue weighted by Gasteiger charge is 2.33. The van der Waals surface area contributed by atoms with Crippen molar-refractivity contribution < 1.29 is 22.8 Å². The maximum atomic E-state index is 13.1. The summed E-state index contributed by atoms with van der Waals surface area (Å²) in [6.07, 6.45) is 0.789. The predicted molar refractivity (Wildman–Crippen MR) is 146 cm³/mol. The highest BCUT2D eigenvalue weighted by atomic mass is 35.5. The highest BCUT2D eigenvalue weighted by Crippen LogP contribution is 2.36. The fourth-order valence-corrected chi connectivity index (χ4v) is 4.70. The van der Waals surface area contributed by atoms with E-state index < -0.39 is 22.8 Å². The van der Waals surface area contributed by atoms with Crippen molar-refractivity contribution in [1.82, 2.24) is 25.0 Å². The molecule has 1 saturated heterocycles. The first-order chi connectivity index (χ1) is 19.2. The molecular formula is C27H25ClF3N7O2. The Morgan fingerprint density at radius 3 is 2.42 bits per heavy atom. The zero-order chi connectivity index (χ0) is 28.3. The van der Waals surface area contributed by atoms with Crippen LogP contribution >= 0.6 is 11.6 Å². The molecule has 2 aromatic carbocycles. The van der Waals surface area contributed by atoms with E-state index in [1.165, 1.54) is 25.1 Å². The molecule has 0 spiro atoms. The first-order valence-corrected chi connectivity index (χ1v) is 12.9. The number of nitrogens with zero attached hydrogens (tertiary/aromatic N) is 4. The monoisotopic (exact) mass is 571 g/mol. The molecule has 40 heavy (non-hydrogen) atoms. The lowest BCUT2D eigenvalue weighted by molar-refractivity contribution is -0.137. The number of aromatic nitrogens is 3. The summed E-state index contributed by atoms with van der Waals surface area (Å²) < 4.78 is 40.8. The maximum absolute atomic E-state index is 13.1. The van der Waals surface area contributed by atoms with E-state index in [4.69, 9.17) is 11.6 Å². The first-order valence-electron chi connectivity index (χ1n) is 12.6. The van der Waals surface area contributed by atoms with Gasteiger partial charge in [-0.05, 0) is 68.4 Å². The molecule has 13 heteroatoms. The summed E-state index contributed by atoms with van der Waals surface area (Å²) >= 11 is 5.62. The summed E-state index contributed by atoms with van der Waals surface area (Å²) in [7, 11) is 0. The quantitative estimate of drug-likeness (QED) is 0.269. The molecule has 2 aromatic heterocycles. The van der Waals surface area contributed by atoms with Crippen LogP contribution in [-0.2, 0) is 6.18 Å². The number of hydrogen-bond donors (Lipinski definition) is 3. The number of amides is 3. The molecule has 0 unspecified atom stereocenters. The zero-order valence-corrected chi connectivity index (χ0v) is 21.9. The van der Waals surface area contributed by atoms with E-state index >= 15 is 0 Å². The molecule has 4 aromatic rings. The second-order valence-corrected chi connectivity index (χ2v) is 9.72. The van der Waals surface area contributed by atoms with Crippen molar-refractivity contribution >= 4 is 45.8 Å². The van der Waals surface area contributed by atoms with E-state index in [2.05, 4.69) is 30.9 Å². The third-order valence-electron chi connectivity index (χ3n) is 6.50. The van der Waals surface area contributed by atoms with Crippen LogP contribution in [0.4, 0.5) is 29.3 Å². The number of anilines is 2. The second kappa shape index (κ2) is 11.5. The van der Waals surface area contributed by atoms with Gasteiger partial charge in [0.25, 0.3) is 5.91 Å². The number of nitrogens with one attached hydrogen (secondary N) is 3. The topological polar surface area (TPSA) is 104 Å². The van der Waals surface area contributed by atoms with Gasteiger partial charge in [0.2, 0.25) is 0 Å². The number of urea groups is 1. The molecule has 0 radical (unpaired) electrons. The standard InChI is InChI=1S/C27H25ClF3N7O2/c28-22-7-5-19(14-21(22)27(29,30)31)35-26(40)36-20-6-8-24(33-16-20)38-23-13-17(3-4-18(23)15-34-38)25(39)32-9-12-37-10-1-2-11-37/h3-8,13-16H,1-2,9-12H2,(H,32,39)(H2,35,36,40). The van der Waals surface area contributed by atoms with E-state index in [1.807, 2.05) is 6.07 Å². The average molecular weight is 572 g/mol. The number of likely N-dealkylation sites (tertiary alicyclic amines) is 1. The van der Waals surface area contributed by atoms with Crippen LogP contribution in [0.15, 0.2) is 60.9 Å². The minimum absolute atomic E-state index is 0.0716. The lowest BCUT2D eigenvalue weighted by Gasteiger charge is -2.14. The largest absolute Gasteiger partial charge is 0.417 e. The van der Waals surface area contributed by atoms with Crippen molar-refractivity contribution in [2.45, 2.75) is 19.0 Å². The van der Waals surface area contributed by atoms with Crippen molar-refractivity contribution in [2.24, 2.45) is 0 Å². The Hall–Kier alpha value is -4.16. The number of carbonyl (C=O) groups is 2. The normalized spacial score (nSPS) is 13.9. The summed E-state index contributed by atoms with van der Waals surface area (Å²) in [6.45, 7) is 3.53. The SMILES string of the molecule is O=C(Nc1ccc(-n2ncc3ccc(C(=O)NCCN4CCCC4)cc32)nc1)Nc1ccc(Cl)c(C(F)(F)F)c1. The van der Waals surface area contributed by atoms with Gasteiger partial charge in [0.05, 0.1) is 34.2 Å². The molecule has 3 heterocycles. The van der Waals surface area contributed by atoms with E-state index in [0.717, 1.165) is 37.2 Å². The number of benzene rings is 2. The van der Waals surface area contributed by atoms with Gasteiger partial charge in [-0.1, -0.05) is 17.7 Å². The minimum Gasteiger partial charge on any atom is -0.351 e. The van der Waals surface area contributed by atoms with Crippen molar-refractivity contribution in [1.29, 1.82) is 0 Å². The van der Waals surface area contributed by atoms with Crippen LogP contribution in [0.1, 0.15) is 28.8 Å². The number of rotatable bonds is 7. The molecular weight excluding hydrogens is 547 g/mol. The van der Waals surface area contributed by atoms with Crippen LogP contribution in [0.2, 0.25) is 5.02 Å². The number of alkyl halides is 3. The highest BCUT2D eigenvalue weighted by molar-refractivity contribution is 6.31. The molecule has 3 amide bonds. The number of fused-ring (bicyclic) bond motifs is 1. The Morgan fingerprint density at radius 2 is 1.70 bits per heavy atom. The van der Waals surface area contributed by atoms with Crippen LogP contribution in [-0.4, -0.2) is 57.8 Å².